The van der Waals surface area contributed by atoms with E-state index in [1.54, 1.807) is 13.3 Å². The lowest BCUT2D eigenvalue weighted by atomic mass is 10.1. The molecule has 0 fully saturated rings. The number of anilines is 1. The molecule has 2 aromatic rings. The second-order valence-electron chi connectivity index (χ2n) is 4.07. The zero-order valence-corrected chi connectivity index (χ0v) is 11.7. The lowest BCUT2D eigenvalue weighted by molar-refractivity contribution is 0.455. The van der Waals surface area contributed by atoms with Crippen LogP contribution in [0.4, 0.5) is 11.6 Å². The first kappa shape index (κ1) is 12.0. The third-order valence-corrected chi connectivity index (χ3v) is 3.52. The van der Waals surface area contributed by atoms with Crippen molar-refractivity contribution in [2.75, 3.05) is 12.4 Å². The van der Waals surface area contributed by atoms with Crippen LogP contribution in [-0.4, -0.2) is 28.3 Å². The number of halogens is 1. The van der Waals surface area contributed by atoms with E-state index in [0.717, 1.165) is 21.3 Å². The Bertz CT molecular complexity index is 703. The molecule has 0 unspecified atom stereocenters. The van der Waals surface area contributed by atoms with Gasteiger partial charge in [-0.05, 0) is 28.1 Å². The number of hydrogen-bond acceptors (Lipinski definition) is 4. The lowest BCUT2D eigenvalue weighted by Crippen LogP contribution is -1.89. The number of para-hydroxylation sites is 1. The smallest absolute Gasteiger partial charge is 0.238 e. The Kier molecular flexibility index (Phi) is 2.87. The highest BCUT2D eigenvalue weighted by Gasteiger charge is 2.16. The summed E-state index contributed by atoms with van der Waals surface area (Å²) in [5, 5.41) is 12.6. The SMILES string of the molecule is CNc1nc(O)c(C=C2C=Nc3c(Br)cccc32)[nH]1. The molecule has 96 valence electrons. The largest absolute Gasteiger partial charge is 0.492 e. The number of aromatic amines is 1. The predicted octanol–water partition coefficient (Wildman–Crippen LogP) is 3.18. The summed E-state index contributed by atoms with van der Waals surface area (Å²) >= 11 is 3.47. The summed E-state index contributed by atoms with van der Waals surface area (Å²) in [7, 11) is 1.73. The number of allylic oxidation sites excluding steroid dienone is 1. The number of nitrogens with zero attached hydrogens (tertiary/aromatic N) is 2. The van der Waals surface area contributed by atoms with Gasteiger partial charge in [-0.1, -0.05) is 12.1 Å². The summed E-state index contributed by atoms with van der Waals surface area (Å²) in [6, 6.07) is 5.90. The molecule has 0 atom stereocenters. The molecule has 0 aliphatic carbocycles. The Hall–Kier alpha value is -2.08. The molecule has 0 saturated heterocycles. The van der Waals surface area contributed by atoms with Gasteiger partial charge in [0.05, 0.1) is 5.69 Å². The molecule has 0 saturated carbocycles. The third-order valence-electron chi connectivity index (χ3n) is 2.88. The number of fused-ring (bicyclic) bond motifs is 1. The van der Waals surface area contributed by atoms with E-state index in [1.165, 1.54) is 0 Å². The Labute approximate surface area is 118 Å². The minimum Gasteiger partial charge on any atom is -0.492 e. The number of nitrogens with one attached hydrogen (secondary N) is 2. The van der Waals surface area contributed by atoms with Gasteiger partial charge in [0.25, 0.3) is 0 Å². The molecule has 0 bridgehead atoms. The fourth-order valence-electron chi connectivity index (χ4n) is 1.95. The van der Waals surface area contributed by atoms with Crippen LogP contribution in [0.2, 0.25) is 0 Å². The average molecular weight is 319 g/mol. The Morgan fingerprint density at radius 2 is 2.26 bits per heavy atom. The van der Waals surface area contributed by atoms with E-state index in [9.17, 15) is 5.11 Å². The maximum absolute atomic E-state index is 9.74. The molecule has 0 radical (unpaired) electrons. The van der Waals surface area contributed by atoms with E-state index in [-0.39, 0.29) is 5.88 Å². The number of benzene rings is 1. The molecule has 1 aromatic heterocycles. The molecule has 5 nitrogen and oxygen atoms in total. The number of rotatable bonds is 2. The van der Waals surface area contributed by atoms with E-state index >= 15 is 0 Å². The predicted molar refractivity (Wildman–Crippen MR) is 80.0 cm³/mol. The topological polar surface area (TPSA) is 73.3 Å². The zero-order chi connectivity index (χ0) is 13.4. The van der Waals surface area contributed by atoms with Crippen LogP contribution < -0.4 is 5.32 Å². The van der Waals surface area contributed by atoms with Gasteiger partial charge in [0.15, 0.2) is 0 Å². The van der Waals surface area contributed by atoms with Crippen molar-refractivity contribution in [3.05, 3.63) is 33.9 Å². The summed E-state index contributed by atoms with van der Waals surface area (Å²) < 4.78 is 0.953. The van der Waals surface area contributed by atoms with Crippen molar-refractivity contribution in [3.8, 4) is 5.88 Å². The van der Waals surface area contributed by atoms with Crippen LogP contribution in [0.3, 0.4) is 0 Å². The molecule has 6 heteroatoms. The van der Waals surface area contributed by atoms with Crippen molar-refractivity contribution >= 4 is 45.4 Å². The Balaban J connectivity index is 2.06. The molecule has 2 heterocycles. The van der Waals surface area contributed by atoms with Crippen molar-refractivity contribution in [2.24, 2.45) is 4.99 Å². The minimum absolute atomic E-state index is 0.0336. The highest BCUT2D eigenvalue weighted by atomic mass is 79.9. The number of imidazole rings is 1. The maximum atomic E-state index is 9.74. The van der Waals surface area contributed by atoms with Gasteiger partial charge in [-0.15, -0.1) is 0 Å². The molecule has 19 heavy (non-hydrogen) atoms. The molecule has 1 aliphatic rings. The molecule has 1 aliphatic heterocycles. The summed E-state index contributed by atoms with van der Waals surface area (Å²) in [4.78, 5) is 11.3. The quantitative estimate of drug-likeness (QED) is 0.796. The van der Waals surface area contributed by atoms with Gasteiger partial charge in [-0.25, -0.2) is 0 Å². The molecule has 3 N–H and O–H groups in total. The van der Waals surface area contributed by atoms with Gasteiger partial charge in [-0.2, -0.15) is 4.98 Å². The maximum Gasteiger partial charge on any atom is 0.238 e. The fraction of sp³-hybridized carbons (Fsp3) is 0.0769. The fourth-order valence-corrected chi connectivity index (χ4v) is 2.42. The molecule has 1 aromatic carbocycles. The van der Waals surface area contributed by atoms with Crippen molar-refractivity contribution in [3.63, 3.8) is 0 Å². The van der Waals surface area contributed by atoms with Crippen LogP contribution in [0, 0.1) is 0 Å². The zero-order valence-electron chi connectivity index (χ0n) is 10.1. The monoisotopic (exact) mass is 318 g/mol. The van der Waals surface area contributed by atoms with E-state index in [2.05, 4.69) is 36.2 Å². The van der Waals surface area contributed by atoms with Crippen LogP contribution >= 0.6 is 15.9 Å². The minimum atomic E-state index is -0.0336. The number of aliphatic imine (C=N–C) groups is 1. The van der Waals surface area contributed by atoms with Crippen molar-refractivity contribution < 1.29 is 5.11 Å². The second-order valence-corrected chi connectivity index (χ2v) is 4.92. The van der Waals surface area contributed by atoms with Gasteiger partial charge in [0.1, 0.15) is 5.69 Å². The first-order chi connectivity index (χ1) is 9.19. The van der Waals surface area contributed by atoms with E-state index in [1.807, 2.05) is 24.3 Å². The van der Waals surface area contributed by atoms with E-state index < -0.39 is 0 Å². The lowest BCUT2D eigenvalue weighted by Gasteiger charge is -2.00. The van der Waals surface area contributed by atoms with Crippen LogP contribution in [0.5, 0.6) is 5.88 Å². The second kappa shape index (κ2) is 4.55. The number of aromatic hydroxyl groups is 1. The van der Waals surface area contributed by atoms with Crippen LogP contribution in [-0.2, 0) is 0 Å². The molecule has 0 amide bonds. The van der Waals surface area contributed by atoms with Gasteiger partial charge < -0.3 is 15.4 Å². The highest BCUT2D eigenvalue weighted by molar-refractivity contribution is 9.10. The van der Waals surface area contributed by atoms with Gasteiger partial charge >= 0.3 is 0 Å². The Morgan fingerprint density at radius 3 is 3.00 bits per heavy atom. The van der Waals surface area contributed by atoms with E-state index in [4.69, 9.17) is 0 Å². The highest BCUT2D eigenvalue weighted by Crippen LogP contribution is 2.38. The summed E-state index contributed by atoms with van der Waals surface area (Å²) in [6.45, 7) is 0. The van der Waals surface area contributed by atoms with Crippen LogP contribution in [0.25, 0.3) is 11.6 Å². The molecule has 0 spiro atoms. The van der Waals surface area contributed by atoms with E-state index in [0.29, 0.717) is 11.6 Å². The van der Waals surface area contributed by atoms with Crippen LogP contribution in [0.15, 0.2) is 27.7 Å². The average Bonchev–Trinajstić information content (AvgIpc) is 2.96. The Morgan fingerprint density at radius 1 is 1.42 bits per heavy atom. The normalized spacial score (nSPS) is 14.9. The number of aromatic nitrogens is 2. The number of hydrogen-bond donors (Lipinski definition) is 3. The first-order valence-corrected chi connectivity index (χ1v) is 6.49. The molecular weight excluding hydrogens is 308 g/mol. The third kappa shape index (κ3) is 2.04. The summed E-state index contributed by atoms with van der Waals surface area (Å²) in [5.41, 5.74) is 3.41. The van der Waals surface area contributed by atoms with Gasteiger partial charge in [0.2, 0.25) is 11.8 Å². The van der Waals surface area contributed by atoms with Crippen molar-refractivity contribution in [2.45, 2.75) is 0 Å². The van der Waals surface area contributed by atoms with Gasteiger partial charge in [-0.3, -0.25) is 4.99 Å². The standard InChI is InChI=1S/C13H11BrN4O/c1-15-13-17-10(12(19)18-13)5-7-6-16-11-8(7)3-2-4-9(11)14/h2-6,19H,1H3,(H2,15,17,18). The van der Waals surface area contributed by atoms with Gasteiger partial charge in [0, 0.05) is 28.9 Å². The van der Waals surface area contributed by atoms with Crippen molar-refractivity contribution in [1.29, 1.82) is 0 Å². The molecular formula is C13H11BrN4O. The first-order valence-electron chi connectivity index (χ1n) is 5.70. The molecule has 3 rings (SSSR count). The number of H-pyrrole nitrogens is 1. The summed E-state index contributed by atoms with van der Waals surface area (Å²) in [5.74, 6) is 0.488. The van der Waals surface area contributed by atoms with Crippen LogP contribution in [0.1, 0.15) is 11.3 Å². The summed E-state index contributed by atoms with van der Waals surface area (Å²) in [6.07, 6.45) is 3.60. The van der Waals surface area contributed by atoms with Crippen molar-refractivity contribution in [1.82, 2.24) is 9.97 Å².